The van der Waals surface area contributed by atoms with Gasteiger partial charge in [0.15, 0.2) is 0 Å². The summed E-state index contributed by atoms with van der Waals surface area (Å²) in [5.41, 5.74) is 0. The summed E-state index contributed by atoms with van der Waals surface area (Å²) in [7, 11) is 1.86. The van der Waals surface area contributed by atoms with Gasteiger partial charge in [-0.3, -0.25) is 4.79 Å². The molecule has 15 heavy (non-hydrogen) atoms. The molecule has 1 amide bonds. The van der Waals surface area contributed by atoms with E-state index in [4.69, 9.17) is 0 Å². The molecule has 0 atom stereocenters. The van der Waals surface area contributed by atoms with Gasteiger partial charge in [-0.2, -0.15) is 0 Å². The topological polar surface area (TPSA) is 32.3 Å². The van der Waals surface area contributed by atoms with Crippen LogP contribution < -0.4 is 5.32 Å². The predicted octanol–water partition coefficient (Wildman–Crippen LogP) is 1.71. The third-order valence-electron chi connectivity index (χ3n) is 2.25. The van der Waals surface area contributed by atoms with Crippen LogP contribution >= 0.6 is 11.3 Å². The van der Waals surface area contributed by atoms with Gasteiger partial charge in [0, 0.05) is 24.4 Å². The van der Waals surface area contributed by atoms with Crippen molar-refractivity contribution < 1.29 is 4.79 Å². The Bertz CT molecular complexity index is 285. The molecular formula is C11H18N2OS. The summed E-state index contributed by atoms with van der Waals surface area (Å²) in [6.45, 7) is 4.29. The first kappa shape index (κ1) is 12.2. The number of hydrogen-bond donors (Lipinski definition) is 1. The molecule has 1 N–H and O–H groups in total. The van der Waals surface area contributed by atoms with Crippen LogP contribution in [0.4, 0.5) is 0 Å². The molecular weight excluding hydrogens is 208 g/mol. The van der Waals surface area contributed by atoms with E-state index in [2.05, 4.69) is 11.4 Å². The Balaban J connectivity index is 2.44. The number of thiophene rings is 1. The van der Waals surface area contributed by atoms with Gasteiger partial charge in [-0.25, -0.2) is 0 Å². The Morgan fingerprint density at radius 3 is 2.93 bits per heavy atom. The van der Waals surface area contributed by atoms with Crippen LogP contribution in [0.3, 0.4) is 0 Å². The first-order chi connectivity index (χ1) is 7.27. The lowest BCUT2D eigenvalue weighted by Crippen LogP contribution is -2.31. The van der Waals surface area contributed by atoms with Crippen LogP contribution in [0.5, 0.6) is 0 Å². The van der Waals surface area contributed by atoms with Crippen LogP contribution in [0, 0.1) is 0 Å². The molecule has 0 aliphatic heterocycles. The summed E-state index contributed by atoms with van der Waals surface area (Å²) in [6.07, 6.45) is 0.579. The summed E-state index contributed by atoms with van der Waals surface area (Å²) < 4.78 is 0. The predicted molar refractivity (Wildman–Crippen MR) is 64.0 cm³/mol. The first-order valence-corrected chi connectivity index (χ1v) is 6.10. The number of nitrogens with one attached hydrogen (secondary N) is 1. The van der Waals surface area contributed by atoms with Crippen LogP contribution in [0.25, 0.3) is 0 Å². The minimum absolute atomic E-state index is 0.222. The lowest BCUT2D eigenvalue weighted by atomic mass is 10.3. The second kappa shape index (κ2) is 6.58. The lowest BCUT2D eigenvalue weighted by molar-refractivity contribution is -0.131. The number of rotatable bonds is 6. The Hall–Kier alpha value is -0.870. The zero-order chi connectivity index (χ0) is 11.1. The summed E-state index contributed by atoms with van der Waals surface area (Å²) in [4.78, 5) is 14.9. The molecule has 1 heterocycles. The van der Waals surface area contributed by atoms with Gasteiger partial charge in [-0.1, -0.05) is 6.07 Å². The molecule has 3 nitrogen and oxygen atoms in total. The van der Waals surface area contributed by atoms with E-state index in [9.17, 15) is 4.79 Å². The van der Waals surface area contributed by atoms with E-state index in [1.807, 2.05) is 30.3 Å². The Morgan fingerprint density at radius 1 is 1.60 bits per heavy atom. The van der Waals surface area contributed by atoms with Gasteiger partial charge in [0.25, 0.3) is 0 Å². The molecule has 0 spiro atoms. The fraction of sp³-hybridized carbons (Fsp3) is 0.545. The van der Waals surface area contributed by atoms with Crippen LogP contribution in [-0.2, 0) is 11.3 Å². The average Bonchev–Trinajstić information content (AvgIpc) is 2.75. The van der Waals surface area contributed by atoms with Crippen molar-refractivity contribution in [2.75, 3.05) is 20.1 Å². The van der Waals surface area contributed by atoms with Crippen molar-refractivity contribution in [1.82, 2.24) is 10.2 Å². The van der Waals surface area contributed by atoms with Crippen molar-refractivity contribution in [1.29, 1.82) is 0 Å². The van der Waals surface area contributed by atoms with Gasteiger partial charge in [0.2, 0.25) is 5.91 Å². The van der Waals surface area contributed by atoms with Gasteiger partial charge in [0.1, 0.15) is 0 Å². The minimum atomic E-state index is 0.222. The molecule has 0 saturated carbocycles. The number of hydrogen-bond acceptors (Lipinski definition) is 3. The SMILES string of the molecule is CCN(Cc1cccs1)C(=O)CCNC. The van der Waals surface area contributed by atoms with Crippen molar-refractivity contribution in [2.45, 2.75) is 19.9 Å². The molecule has 0 bridgehead atoms. The number of amides is 1. The normalized spacial score (nSPS) is 10.3. The number of carbonyl (C=O) groups excluding carboxylic acids is 1. The molecule has 1 aromatic rings. The van der Waals surface area contributed by atoms with Crippen molar-refractivity contribution in [2.24, 2.45) is 0 Å². The highest BCUT2D eigenvalue weighted by atomic mass is 32.1. The van der Waals surface area contributed by atoms with Gasteiger partial charge >= 0.3 is 0 Å². The molecule has 1 rings (SSSR count). The molecule has 84 valence electrons. The van der Waals surface area contributed by atoms with E-state index in [0.29, 0.717) is 6.42 Å². The molecule has 0 aliphatic rings. The van der Waals surface area contributed by atoms with E-state index in [-0.39, 0.29) is 5.91 Å². The van der Waals surface area contributed by atoms with Crippen molar-refractivity contribution in [3.8, 4) is 0 Å². The van der Waals surface area contributed by atoms with E-state index < -0.39 is 0 Å². The Morgan fingerprint density at radius 2 is 2.40 bits per heavy atom. The highest BCUT2D eigenvalue weighted by Gasteiger charge is 2.11. The third kappa shape index (κ3) is 4.01. The quantitative estimate of drug-likeness (QED) is 0.801. The number of carbonyl (C=O) groups is 1. The molecule has 0 fully saturated rings. The molecule has 0 radical (unpaired) electrons. The largest absolute Gasteiger partial charge is 0.338 e. The van der Waals surface area contributed by atoms with E-state index >= 15 is 0 Å². The van der Waals surface area contributed by atoms with Gasteiger partial charge < -0.3 is 10.2 Å². The maximum atomic E-state index is 11.7. The highest BCUT2D eigenvalue weighted by molar-refractivity contribution is 7.09. The van der Waals surface area contributed by atoms with Crippen LogP contribution in [0.15, 0.2) is 17.5 Å². The van der Waals surface area contributed by atoms with Crippen molar-refractivity contribution >= 4 is 17.2 Å². The van der Waals surface area contributed by atoms with Gasteiger partial charge in [0.05, 0.1) is 6.54 Å². The summed E-state index contributed by atoms with van der Waals surface area (Å²) in [6, 6.07) is 4.09. The average molecular weight is 226 g/mol. The summed E-state index contributed by atoms with van der Waals surface area (Å²) >= 11 is 1.70. The first-order valence-electron chi connectivity index (χ1n) is 5.22. The fourth-order valence-electron chi connectivity index (χ4n) is 1.36. The van der Waals surface area contributed by atoms with Crippen LogP contribution in [-0.4, -0.2) is 30.9 Å². The maximum Gasteiger partial charge on any atom is 0.224 e. The maximum absolute atomic E-state index is 11.7. The Kier molecular flexibility index (Phi) is 5.36. The van der Waals surface area contributed by atoms with E-state index in [0.717, 1.165) is 19.6 Å². The van der Waals surface area contributed by atoms with E-state index in [1.165, 1.54) is 4.88 Å². The van der Waals surface area contributed by atoms with Gasteiger partial charge in [-0.15, -0.1) is 11.3 Å². The lowest BCUT2D eigenvalue weighted by Gasteiger charge is -2.20. The smallest absolute Gasteiger partial charge is 0.224 e. The standard InChI is InChI=1S/C11H18N2OS/c1-3-13(11(14)6-7-12-2)9-10-5-4-8-15-10/h4-5,8,12H,3,6-7,9H2,1-2H3. The van der Waals surface area contributed by atoms with Crippen LogP contribution in [0.2, 0.25) is 0 Å². The third-order valence-corrected chi connectivity index (χ3v) is 3.11. The Labute approximate surface area is 95.1 Å². The zero-order valence-corrected chi connectivity index (χ0v) is 10.1. The molecule has 4 heteroatoms. The molecule has 0 saturated heterocycles. The highest BCUT2D eigenvalue weighted by Crippen LogP contribution is 2.12. The second-order valence-electron chi connectivity index (χ2n) is 3.34. The van der Waals surface area contributed by atoms with Crippen LogP contribution in [0.1, 0.15) is 18.2 Å². The molecule has 0 aromatic carbocycles. The zero-order valence-electron chi connectivity index (χ0n) is 9.32. The van der Waals surface area contributed by atoms with Gasteiger partial charge in [-0.05, 0) is 25.4 Å². The molecule has 1 aromatic heterocycles. The summed E-state index contributed by atoms with van der Waals surface area (Å²) in [5, 5.41) is 5.03. The van der Waals surface area contributed by atoms with Crippen molar-refractivity contribution in [3.05, 3.63) is 22.4 Å². The molecule has 0 aliphatic carbocycles. The monoisotopic (exact) mass is 226 g/mol. The fourth-order valence-corrected chi connectivity index (χ4v) is 2.08. The number of nitrogens with zero attached hydrogens (tertiary/aromatic N) is 1. The van der Waals surface area contributed by atoms with E-state index in [1.54, 1.807) is 11.3 Å². The molecule has 0 unspecified atom stereocenters. The van der Waals surface area contributed by atoms with Crippen molar-refractivity contribution in [3.63, 3.8) is 0 Å². The minimum Gasteiger partial charge on any atom is -0.338 e. The summed E-state index contributed by atoms with van der Waals surface area (Å²) in [5.74, 6) is 0.222. The second-order valence-corrected chi connectivity index (χ2v) is 4.37.